The number of thioether (sulfide) groups is 1. The number of amides is 1. The summed E-state index contributed by atoms with van der Waals surface area (Å²) >= 11 is 1.99. The van der Waals surface area contributed by atoms with E-state index in [1.54, 1.807) is 6.20 Å². The summed E-state index contributed by atoms with van der Waals surface area (Å²) in [4.78, 5) is 27.7. The summed E-state index contributed by atoms with van der Waals surface area (Å²) in [5, 5.41) is 7.12. The molecule has 1 aliphatic carbocycles. The number of allylic oxidation sites excluding steroid dienone is 1. The van der Waals surface area contributed by atoms with Crippen molar-refractivity contribution in [2.24, 2.45) is 0 Å². The molecule has 32 heavy (non-hydrogen) atoms. The van der Waals surface area contributed by atoms with Crippen LogP contribution in [0.4, 0.5) is 13.2 Å². The van der Waals surface area contributed by atoms with Crippen LogP contribution < -0.4 is 0 Å². The molecule has 2 saturated heterocycles. The van der Waals surface area contributed by atoms with Gasteiger partial charge < -0.3 is 14.7 Å². The van der Waals surface area contributed by atoms with Crippen molar-refractivity contribution in [2.45, 2.75) is 62.2 Å². The number of carboxylic acids is 1. The van der Waals surface area contributed by atoms with Gasteiger partial charge in [-0.05, 0) is 44.2 Å². The fourth-order valence-electron chi connectivity index (χ4n) is 4.01. The topological polar surface area (TPSA) is 79.7 Å². The number of carbonyl (C=O) groups is 2. The fraction of sp³-hybridized carbons (Fsp3) is 0.591. The van der Waals surface area contributed by atoms with Gasteiger partial charge in [-0.15, -0.1) is 11.8 Å². The first-order valence-corrected chi connectivity index (χ1v) is 11.6. The molecule has 1 amide bonds. The molecule has 1 aromatic heterocycles. The maximum absolute atomic E-state index is 12.5. The molecule has 0 bridgehead atoms. The average molecular weight is 473 g/mol. The zero-order chi connectivity index (χ0) is 23.2. The molecule has 0 radical (unpaired) electrons. The average Bonchev–Trinajstić information content (AvgIpc) is 3.17. The molecule has 1 unspecified atom stereocenters. The number of carboxylic acid groups (broad SMARTS) is 1. The highest BCUT2D eigenvalue weighted by Crippen LogP contribution is 2.46. The summed E-state index contributed by atoms with van der Waals surface area (Å²) in [7, 11) is 0. The van der Waals surface area contributed by atoms with Gasteiger partial charge in [-0.2, -0.15) is 13.2 Å². The molecule has 1 spiro atoms. The normalized spacial score (nSPS) is 21.9. The van der Waals surface area contributed by atoms with Gasteiger partial charge in [0.25, 0.3) is 0 Å². The standard InChI is InChI=1S/C20H26N2O2S.C2HF3O2/c23-19(10-16-6-2-1-3-7-16)22-14-20(15-22)11-18(13-25-20)24-12-17-8-4-5-9-21-17;3-2(4,5)1(6)7/h4-6,8-9,18H,1-3,7,10-15H2;(H,6,7). The van der Waals surface area contributed by atoms with Gasteiger partial charge in [-0.3, -0.25) is 9.78 Å². The van der Waals surface area contributed by atoms with E-state index in [1.807, 2.05) is 34.9 Å². The first-order valence-electron chi connectivity index (χ1n) is 10.6. The van der Waals surface area contributed by atoms with Crippen LogP contribution in [-0.4, -0.2) is 62.7 Å². The number of rotatable bonds is 5. The van der Waals surface area contributed by atoms with Crippen LogP contribution in [0, 0.1) is 0 Å². The Kier molecular flexibility index (Phi) is 8.21. The zero-order valence-corrected chi connectivity index (χ0v) is 18.5. The number of likely N-dealkylation sites (tertiary alicyclic amines) is 1. The van der Waals surface area contributed by atoms with Crippen LogP contribution in [0.5, 0.6) is 0 Å². The van der Waals surface area contributed by atoms with E-state index in [0.29, 0.717) is 18.9 Å². The third kappa shape index (κ3) is 6.96. The summed E-state index contributed by atoms with van der Waals surface area (Å²) in [5.41, 5.74) is 2.34. The highest BCUT2D eigenvalue weighted by atomic mass is 32.2. The van der Waals surface area contributed by atoms with Gasteiger partial charge in [0.05, 0.1) is 23.2 Å². The number of aromatic nitrogens is 1. The Hall–Kier alpha value is -2.07. The maximum Gasteiger partial charge on any atom is 0.490 e. The smallest absolute Gasteiger partial charge is 0.475 e. The predicted octanol–water partition coefficient (Wildman–Crippen LogP) is 4.21. The molecule has 1 aromatic rings. The van der Waals surface area contributed by atoms with E-state index in [2.05, 4.69) is 11.1 Å². The molecule has 2 aliphatic heterocycles. The number of pyridine rings is 1. The minimum Gasteiger partial charge on any atom is -0.475 e. The fourth-order valence-corrected chi connectivity index (χ4v) is 5.57. The zero-order valence-electron chi connectivity index (χ0n) is 17.6. The second kappa shape index (κ2) is 10.7. The van der Waals surface area contributed by atoms with Crippen molar-refractivity contribution in [3.05, 3.63) is 41.7 Å². The van der Waals surface area contributed by atoms with Gasteiger partial charge in [-0.1, -0.05) is 17.7 Å². The number of hydrogen-bond donors (Lipinski definition) is 1. The summed E-state index contributed by atoms with van der Waals surface area (Å²) in [6.45, 7) is 2.37. The minimum atomic E-state index is -5.08. The van der Waals surface area contributed by atoms with E-state index in [0.717, 1.165) is 43.8 Å². The molecular weight excluding hydrogens is 445 g/mol. The van der Waals surface area contributed by atoms with Crippen molar-refractivity contribution in [3.63, 3.8) is 0 Å². The van der Waals surface area contributed by atoms with E-state index in [9.17, 15) is 18.0 Å². The molecule has 3 aliphatic rings. The molecule has 10 heteroatoms. The molecule has 2 fully saturated rings. The second-order valence-electron chi connectivity index (χ2n) is 8.29. The Morgan fingerprint density at radius 2 is 2.03 bits per heavy atom. The van der Waals surface area contributed by atoms with E-state index < -0.39 is 12.1 Å². The van der Waals surface area contributed by atoms with Crippen molar-refractivity contribution in [3.8, 4) is 0 Å². The lowest BCUT2D eigenvalue weighted by atomic mass is 9.91. The van der Waals surface area contributed by atoms with Gasteiger partial charge in [0, 0.05) is 31.5 Å². The predicted molar refractivity (Wildman–Crippen MR) is 114 cm³/mol. The van der Waals surface area contributed by atoms with E-state index in [1.165, 1.54) is 18.4 Å². The van der Waals surface area contributed by atoms with Crippen LogP contribution in [0.15, 0.2) is 36.0 Å². The lowest BCUT2D eigenvalue weighted by molar-refractivity contribution is -0.192. The third-order valence-corrected chi connectivity index (χ3v) is 7.26. The van der Waals surface area contributed by atoms with Crippen molar-refractivity contribution < 1.29 is 32.6 Å². The van der Waals surface area contributed by atoms with Crippen LogP contribution in [0.2, 0.25) is 0 Å². The first kappa shape index (κ1) is 24.6. The molecule has 0 aromatic carbocycles. The van der Waals surface area contributed by atoms with E-state index in [4.69, 9.17) is 14.6 Å². The Labute approximate surface area is 189 Å². The van der Waals surface area contributed by atoms with E-state index >= 15 is 0 Å². The van der Waals surface area contributed by atoms with Gasteiger partial charge in [0.2, 0.25) is 5.91 Å². The van der Waals surface area contributed by atoms with E-state index in [-0.39, 0.29) is 10.9 Å². The molecule has 4 rings (SSSR count). The summed E-state index contributed by atoms with van der Waals surface area (Å²) in [6, 6.07) is 5.92. The Morgan fingerprint density at radius 3 is 2.62 bits per heavy atom. The molecule has 1 atom stereocenters. The Bertz CT molecular complexity index is 826. The number of alkyl halides is 3. The quantitative estimate of drug-likeness (QED) is 0.647. The van der Waals surface area contributed by atoms with Crippen molar-refractivity contribution in [1.29, 1.82) is 0 Å². The minimum absolute atomic E-state index is 0.241. The lowest BCUT2D eigenvalue weighted by Crippen LogP contribution is -2.60. The number of nitrogens with zero attached hydrogens (tertiary/aromatic N) is 2. The Morgan fingerprint density at radius 1 is 1.28 bits per heavy atom. The molecule has 6 nitrogen and oxygen atoms in total. The highest BCUT2D eigenvalue weighted by molar-refractivity contribution is 8.01. The molecule has 1 N–H and O–H groups in total. The van der Waals surface area contributed by atoms with Crippen LogP contribution in [0.3, 0.4) is 0 Å². The second-order valence-corrected chi connectivity index (χ2v) is 9.78. The Balaban J connectivity index is 0.000000360. The number of ether oxygens (including phenoxy) is 1. The number of carbonyl (C=O) groups excluding carboxylic acids is 1. The van der Waals surface area contributed by atoms with Crippen LogP contribution in [0.1, 0.15) is 44.2 Å². The molecular formula is C22H27F3N2O4S. The van der Waals surface area contributed by atoms with Gasteiger partial charge >= 0.3 is 12.1 Å². The monoisotopic (exact) mass is 472 g/mol. The van der Waals surface area contributed by atoms with Gasteiger partial charge in [0.1, 0.15) is 0 Å². The SMILES string of the molecule is O=C(CC1=CCCCC1)N1CC2(CC(OCc3ccccn3)CS2)C1.O=C(O)C(F)(F)F. The lowest BCUT2D eigenvalue weighted by Gasteiger charge is -2.47. The van der Waals surface area contributed by atoms with Crippen LogP contribution in [-0.2, 0) is 20.9 Å². The van der Waals surface area contributed by atoms with Crippen molar-refractivity contribution in [2.75, 3.05) is 18.8 Å². The van der Waals surface area contributed by atoms with Crippen molar-refractivity contribution >= 4 is 23.6 Å². The van der Waals surface area contributed by atoms with Gasteiger partial charge in [0.15, 0.2) is 0 Å². The summed E-state index contributed by atoms with van der Waals surface area (Å²) in [6.07, 6.45) is 5.77. The number of aliphatic carboxylic acids is 1. The molecule has 0 saturated carbocycles. The number of hydrogen-bond acceptors (Lipinski definition) is 5. The van der Waals surface area contributed by atoms with Crippen molar-refractivity contribution in [1.82, 2.24) is 9.88 Å². The van der Waals surface area contributed by atoms with Crippen LogP contribution >= 0.6 is 11.8 Å². The molecule has 176 valence electrons. The largest absolute Gasteiger partial charge is 0.490 e. The van der Waals surface area contributed by atoms with Crippen LogP contribution in [0.25, 0.3) is 0 Å². The van der Waals surface area contributed by atoms with Gasteiger partial charge in [-0.25, -0.2) is 4.79 Å². The number of halogens is 3. The highest BCUT2D eigenvalue weighted by Gasteiger charge is 2.50. The third-order valence-electron chi connectivity index (χ3n) is 5.68. The summed E-state index contributed by atoms with van der Waals surface area (Å²) in [5.74, 6) is -1.41. The maximum atomic E-state index is 12.5. The molecule has 3 heterocycles. The first-order chi connectivity index (χ1) is 15.2. The summed E-state index contributed by atoms with van der Waals surface area (Å²) < 4.78 is 38.0.